The van der Waals surface area contributed by atoms with E-state index in [0.29, 0.717) is 87.6 Å². The maximum absolute atomic E-state index is 13.6. The van der Waals surface area contributed by atoms with Gasteiger partial charge in [-0.2, -0.15) is 0 Å². The van der Waals surface area contributed by atoms with Crippen LogP contribution in [0.25, 0.3) is 49.9 Å². The van der Waals surface area contributed by atoms with Crippen molar-refractivity contribution in [2.75, 3.05) is 26.4 Å². The minimum absolute atomic E-state index is 0.295. The van der Waals surface area contributed by atoms with Crippen LogP contribution in [0.5, 0.6) is 0 Å². The largest absolute Gasteiger partial charge is 0.462 e. The van der Waals surface area contributed by atoms with Crippen LogP contribution in [0.2, 0.25) is 0 Å². The molecule has 7 rings (SSSR count). The van der Waals surface area contributed by atoms with E-state index in [1.54, 1.807) is 12.1 Å². The Morgan fingerprint density at radius 2 is 0.697 bits per heavy atom. The molecule has 0 amide bonds. The fraction of sp³-hybridized carbons (Fsp3) is 0.353. The summed E-state index contributed by atoms with van der Waals surface area (Å²) in [6.45, 7) is 9.72. The number of benzene rings is 3. The van der Waals surface area contributed by atoms with Gasteiger partial charge in [0.25, 0.3) is 0 Å². The highest BCUT2D eigenvalue weighted by atomic mass is 16.5. The topological polar surface area (TPSA) is 105 Å². The Morgan fingerprint density at radius 1 is 0.382 bits per heavy atom. The second kappa shape index (κ2) is 29.4. The number of hydrogen-bond acceptors (Lipinski definition) is 8. The SMILES string of the molecule is CCCCCCOC(=O)c1cc(C(=O)OCCCCCC)c2ccc(C#CC(C#Cc3ccc4c(C(=O)OCCCCCC)cc(C(=O)OCCCCCC)c-4cc3)=Cc3c4ccccc4cc4ccccc34)ccc1-2. The molecular weight excluding hydrogens is 945 g/mol. The third kappa shape index (κ3) is 15.2. The Labute approximate surface area is 450 Å². The molecule has 0 saturated carbocycles. The molecule has 3 aromatic carbocycles. The van der Waals surface area contributed by atoms with Crippen LogP contribution in [0.15, 0.2) is 121 Å². The van der Waals surface area contributed by atoms with Gasteiger partial charge in [0.15, 0.2) is 0 Å². The normalized spacial score (nSPS) is 10.9. The maximum Gasteiger partial charge on any atom is 0.338 e. The van der Waals surface area contributed by atoms with Crippen molar-refractivity contribution in [2.24, 2.45) is 0 Å². The van der Waals surface area contributed by atoms with Gasteiger partial charge in [-0.05, 0) is 124 Å². The van der Waals surface area contributed by atoms with Crippen molar-refractivity contribution in [2.45, 2.75) is 130 Å². The van der Waals surface area contributed by atoms with Crippen LogP contribution < -0.4 is 0 Å². The van der Waals surface area contributed by atoms with Crippen LogP contribution in [0, 0.1) is 23.7 Å². The second-order valence-electron chi connectivity index (χ2n) is 19.4. The number of fused-ring (bicyclic) bond motifs is 4. The standard InChI is InChI=1S/C68H72O8/c1-5-9-13-21-41-73-65(69)61-47-62(66(70)74-42-22-14-10-6-2)57-38-34-49(33-37-56(57)61)29-31-51(45-60-54-27-19-17-25-52(54)46-53-26-18-20-28-55(53)60)32-30-50-35-39-58-59(40-36-50)64(68(72)76-44-24-16-12-8-4)48-63(58)67(71)75-43-23-15-11-7-3/h17-20,25-28,33-40,45-48H,5-16,21-24,41-44H2,1-4H3. The Hall–Kier alpha value is -7.68. The molecule has 0 spiro atoms. The van der Waals surface area contributed by atoms with Gasteiger partial charge in [-0.1, -0.05) is 201 Å². The molecule has 0 atom stereocenters. The van der Waals surface area contributed by atoms with Crippen molar-refractivity contribution < 1.29 is 38.1 Å². The second-order valence-corrected chi connectivity index (χ2v) is 19.4. The van der Waals surface area contributed by atoms with Gasteiger partial charge in [-0.3, -0.25) is 0 Å². The molecule has 0 N–H and O–H groups in total. The zero-order valence-electron chi connectivity index (χ0n) is 45.0. The predicted molar refractivity (Wildman–Crippen MR) is 307 cm³/mol. The molecule has 0 bridgehead atoms. The van der Waals surface area contributed by atoms with Gasteiger partial charge in [-0.25, -0.2) is 19.2 Å². The van der Waals surface area contributed by atoms with Crippen molar-refractivity contribution in [3.8, 4) is 45.9 Å². The van der Waals surface area contributed by atoms with Crippen LogP contribution in [0.4, 0.5) is 0 Å². The Morgan fingerprint density at radius 3 is 1.01 bits per heavy atom. The van der Waals surface area contributed by atoms with E-state index in [9.17, 15) is 19.2 Å². The van der Waals surface area contributed by atoms with Crippen molar-refractivity contribution in [3.05, 3.63) is 160 Å². The van der Waals surface area contributed by atoms with Gasteiger partial charge in [0.2, 0.25) is 0 Å². The summed E-state index contributed by atoms with van der Waals surface area (Å²) in [7, 11) is 0. The monoisotopic (exact) mass is 1020 g/mol. The fourth-order valence-corrected chi connectivity index (χ4v) is 9.36. The number of rotatable bonds is 25. The first-order valence-electron chi connectivity index (χ1n) is 27.7. The van der Waals surface area contributed by atoms with Crippen LogP contribution in [-0.2, 0) is 18.9 Å². The Kier molecular flexibility index (Phi) is 21.7. The molecular formula is C68H72O8. The zero-order valence-corrected chi connectivity index (χ0v) is 45.0. The van der Waals surface area contributed by atoms with Gasteiger partial charge < -0.3 is 18.9 Å². The molecule has 4 aliphatic carbocycles. The lowest BCUT2D eigenvalue weighted by molar-refractivity contribution is 0.0482. The van der Waals surface area contributed by atoms with E-state index in [4.69, 9.17) is 18.9 Å². The molecule has 0 radical (unpaired) electrons. The van der Waals surface area contributed by atoms with Gasteiger partial charge in [0.1, 0.15) is 0 Å². The minimum Gasteiger partial charge on any atom is -0.462 e. The summed E-state index contributed by atoms with van der Waals surface area (Å²) in [5, 5.41) is 4.24. The smallest absolute Gasteiger partial charge is 0.338 e. The molecule has 0 saturated heterocycles. The molecule has 8 heteroatoms. The number of unbranched alkanes of at least 4 members (excludes halogenated alkanes) is 12. The van der Waals surface area contributed by atoms with E-state index in [2.05, 4.69) is 81.7 Å². The summed E-state index contributed by atoms with van der Waals surface area (Å²) in [5.41, 5.74) is 6.27. The molecule has 0 heterocycles. The lowest BCUT2D eigenvalue weighted by Crippen LogP contribution is -2.07. The molecule has 3 aromatic rings. The summed E-state index contributed by atoms with van der Waals surface area (Å²) in [6, 6.07) is 36.5. The van der Waals surface area contributed by atoms with Crippen LogP contribution in [-0.4, -0.2) is 50.3 Å². The average molecular weight is 1020 g/mol. The number of carbonyl (C=O) groups excluding carboxylic acids is 4. The first kappa shape index (κ1) is 56.1. The molecule has 4 aliphatic rings. The highest BCUT2D eigenvalue weighted by Gasteiger charge is 2.27. The summed E-state index contributed by atoms with van der Waals surface area (Å²) in [4.78, 5) is 54.6. The van der Waals surface area contributed by atoms with Gasteiger partial charge >= 0.3 is 23.9 Å². The number of allylic oxidation sites excluding steroid dienone is 1. The zero-order chi connectivity index (χ0) is 53.5. The van der Waals surface area contributed by atoms with E-state index in [1.165, 1.54) is 0 Å². The average Bonchev–Trinajstić information content (AvgIpc) is 3.87. The first-order valence-corrected chi connectivity index (χ1v) is 27.7. The van der Waals surface area contributed by atoms with E-state index in [-0.39, 0.29) is 0 Å². The van der Waals surface area contributed by atoms with Gasteiger partial charge in [-0.15, -0.1) is 0 Å². The van der Waals surface area contributed by atoms with Crippen molar-refractivity contribution in [1.82, 2.24) is 0 Å². The van der Waals surface area contributed by atoms with Crippen molar-refractivity contribution >= 4 is 51.5 Å². The lowest BCUT2D eigenvalue weighted by atomic mass is 9.95. The lowest BCUT2D eigenvalue weighted by Gasteiger charge is -2.08. The number of carbonyl (C=O) groups is 4. The summed E-state index contributed by atoms with van der Waals surface area (Å²) in [6.07, 6.45) is 17.5. The minimum atomic E-state index is -0.485. The Balaban J connectivity index is 1.30. The molecule has 76 heavy (non-hydrogen) atoms. The summed E-state index contributed by atoms with van der Waals surface area (Å²) < 4.78 is 23.0. The first-order chi connectivity index (χ1) is 37.2. The summed E-state index contributed by atoms with van der Waals surface area (Å²) in [5.74, 6) is 11.5. The molecule has 0 aliphatic heterocycles. The molecule has 0 fully saturated rings. The molecule has 0 aromatic heterocycles. The van der Waals surface area contributed by atoms with Crippen LogP contribution >= 0.6 is 0 Å². The third-order valence-corrected chi connectivity index (χ3v) is 13.6. The molecule has 0 unspecified atom stereocenters. The fourth-order valence-electron chi connectivity index (χ4n) is 9.36. The van der Waals surface area contributed by atoms with Crippen LogP contribution in [0.3, 0.4) is 0 Å². The maximum atomic E-state index is 13.6. The van der Waals surface area contributed by atoms with Crippen LogP contribution in [0.1, 0.15) is 189 Å². The quantitative estimate of drug-likeness (QED) is 0.0183. The van der Waals surface area contributed by atoms with E-state index in [0.717, 1.165) is 130 Å². The van der Waals surface area contributed by atoms with Crippen molar-refractivity contribution in [3.63, 3.8) is 0 Å². The highest BCUT2D eigenvalue weighted by molar-refractivity contribution is 6.10. The predicted octanol–water partition coefficient (Wildman–Crippen LogP) is 16.6. The number of esters is 4. The number of ether oxygens (including phenoxy) is 4. The van der Waals surface area contributed by atoms with Gasteiger partial charge in [0, 0.05) is 11.1 Å². The molecule has 8 nitrogen and oxygen atoms in total. The van der Waals surface area contributed by atoms with E-state index >= 15 is 0 Å². The summed E-state index contributed by atoms with van der Waals surface area (Å²) >= 11 is 0. The number of hydrogen-bond donors (Lipinski definition) is 0. The highest BCUT2D eigenvalue weighted by Crippen LogP contribution is 2.36. The Bertz CT molecular complexity index is 2880. The van der Waals surface area contributed by atoms with Crippen molar-refractivity contribution in [1.29, 1.82) is 0 Å². The van der Waals surface area contributed by atoms with E-state index in [1.807, 2.05) is 78.9 Å². The van der Waals surface area contributed by atoms with Gasteiger partial charge in [0.05, 0.1) is 54.3 Å². The van der Waals surface area contributed by atoms with E-state index < -0.39 is 23.9 Å². The molecule has 392 valence electrons. The third-order valence-electron chi connectivity index (χ3n) is 13.6.